The summed E-state index contributed by atoms with van der Waals surface area (Å²) in [6, 6.07) is 32.4. The zero-order valence-electron chi connectivity index (χ0n) is 15.9. The van der Waals surface area contributed by atoms with Crippen molar-refractivity contribution < 1.29 is 0 Å². The zero-order valence-corrected chi connectivity index (χ0v) is 16.9. The zero-order chi connectivity index (χ0) is 18.8. The number of rotatable bonds is 6. The average Bonchev–Trinajstić information content (AvgIpc) is 2.75. The predicted molar refractivity (Wildman–Crippen MR) is 120 cm³/mol. The second kappa shape index (κ2) is 9.76. The van der Waals surface area contributed by atoms with Crippen LogP contribution in [0.2, 0.25) is 0 Å². The highest BCUT2D eigenvalue weighted by molar-refractivity contribution is 7.16. The van der Waals surface area contributed by atoms with E-state index in [2.05, 4.69) is 115 Å². The first-order valence-electron chi connectivity index (χ1n) is 9.72. The summed E-state index contributed by atoms with van der Waals surface area (Å²) in [7, 11) is -2.40. The Kier molecular flexibility index (Phi) is 6.85. The lowest BCUT2D eigenvalue weighted by molar-refractivity contribution is 0.815. The van der Waals surface area contributed by atoms with Gasteiger partial charge in [-0.2, -0.15) is 0 Å². The first-order valence-corrected chi connectivity index (χ1v) is 11.7. The van der Waals surface area contributed by atoms with Crippen molar-refractivity contribution in [3.63, 3.8) is 0 Å². The van der Waals surface area contributed by atoms with E-state index < -0.39 is 8.07 Å². The minimum Gasteiger partial charge on any atom is -0.109 e. The Morgan fingerprint density at radius 3 is 1.56 bits per heavy atom. The molecule has 0 aromatic heterocycles. The van der Waals surface area contributed by atoms with Crippen LogP contribution in [0.5, 0.6) is 0 Å². The maximum Gasteiger partial charge on any atom is 0.230 e. The summed E-state index contributed by atoms with van der Waals surface area (Å²) in [6.07, 6.45) is 7.79. The second-order valence-corrected chi connectivity index (χ2v) is 10.1. The molecule has 1 heteroatoms. The predicted octanol–water partition coefficient (Wildman–Crippen LogP) is 4.45. The molecule has 3 aromatic rings. The molecule has 0 heterocycles. The van der Waals surface area contributed by atoms with Gasteiger partial charge in [0.15, 0.2) is 0 Å². The smallest absolute Gasteiger partial charge is 0.109 e. The highest BCUT2D eigenvalue weighted by Gasteiger charge is 2.38. The normalized spacial score (nSPS) is 11.1. The summed E-state index contributed by atoms with van der Waals surface area (Å²) in [5.74, 6) is 3.41. The third-order valence-corrected chi connectivity index (χ3v) is 8.92. The lowest BCUT2D eigenvalue weighted by Crippen LogP contribution is -2.66. The molecule has 27 heavy (non-hydrogen) atoms. The lowest BCUT2D eigenvalue weighted by atomic mass is 10.2. The standard InChI is InChI=1S/C26H26Si/c1-2-3-4-5-6-16-23-27(24-17-10-7-11-18-24,25-19-12-8-13-20-25)26-21-14-9-15-22-26/h5-15,17-22H,2-4H2,1H3/b6-5+. The van der Waals surface area contributed by atoms with Crippen LogP contribution in [0.1, 0.15) is 26.2 Å². The van der Waals surface area contributed by atoms with Crippen molar-refractivity contribution in [1.82, 2.24) is 0 Å². The fraction of sp³-hybridized carbons (Fsp3) is 0.154. The molecule has 0 saturated heterocycles. The van der Waals surface area contributed by atoms with E-state index in [0.717, 1.165) is 6.42 Å². The number of hydrogen-bond donors (Lipinski definition) is 0. The van der Waals surface area contributed by atoms with Crippen LogP contribution in [0, 0.1) is 11.5 Å². The van der Waals surface area contributed by atoms with Crippen molar-refractivity contribution in [2.45, 2.75) is 26.2 Å². The molecule has 0 bridgehead atoms. The van der Waals surface area contributed by atoms with Gasteiger partial charge in [-0.05, 0) is 28.1 Å². The summed E-state index contributed by atoms with van der Waals surface area (Å²) in [5, 5.41) is 3.99. The van der Waals surface area contributed by atoms with Gasteiger partial charge in [0, 0.05) is 0 Å². The third kappa shape index (κ3) is 4.48. The van der Waals surface area contributed by atoms with Gasteiger partial charge < -0.3 is 0 Å². The first kappa shape index (κ1) is 19.0. The van der Waals surface area contributed by atoms with Crippen LogP contribution >= 0.6 is 0 Å². The van der Waals surface area contributed by atoms with Gasteiger partial charge in [-0.3, -0.25) is 0 Å². The van der Waals surface area contributed by atoms with Crippen molar-refractivity contribution in [3.8, 4) is 11.5 Å². The Labute approximate surface area is 164 Å². The van der Waals surface area contributed by atoms with Gasteiger partial charge >= 0.3 is 0 Å². The van der Waals surface area contributed by atoms with Crippen LogP contribution in [-0.2, 0) is 0 Å². The molecule has 134 valence electrons. The van der Waals surface area contributed by atoms with Crippen molar-refractivity contribution in [2.75, 3.05) is 0 Å². The molecule has 0 nitrogen and oxygen atoms in total. The van der Waals surface area contributed by atoms with E-state index in [-0.39, 0.29) is 0 Å². The highest BCUT2D eigenvalue weighted by atomic mass is 28.3. The van der Waals surface area contributed by atoms with Gasteiger partial charge in [-0.1, -0.05) is 123 Å². The molecule has 0 unspecified atom stereocenters. The lowest BCUT2D eigenvalue weighted by Gasteiger charge is -2.28. The third-order valence-electron chi connectivity index (χ3n) is 4.81. The molecule has 0 aliphatic rings. The first-order chi connectivity index (χ1) is 13.4. The van der Waals surface area contributed by atoms with E-state index in [4.69, 9.17) is 0 Å². The van der Waals surface area contributed by atoms with Crippen molar-refractivity contribution in [1.29, 1.82) is 0 Å². The number of hydrogen-bond acceptors (Lipinski definition) is 0. The van der Waals surface area contributed by atoms with Gasteiger partial charge in [0.05, 0.1) is 0 Å². The minimum absolute atomic E-state index is 1.10. The number of unbranched alkanes of at least 4 members (excludes halogenated alkanes) is 2. The van der Waals surface area contributed by atoms with Gasteiger partial charge in [0.1, 0.15) is 0 Å². The number of benzene rings is 3. The van der Waals surface area contributed by atoms with E-state index in [1.54, 1.807) is 0 Å². The van der Waals surface area contributed by atoms with E-state index >= 15 is 0 Å². The van der Waals surface area contributed by atoms with Gasteiger partial charge in [0.25, 0.3) is 0 Å². The van der Waals surface area contributed by atoms with E-state index in [0.29, 0.717) is 0 Å². The molecule has 0 N–H and O–H groups in total. The maximum absolute atomic E-state index is 3.76. The summed E-state index contributed by atoms with van der Waals surface area (Å²) < 4.78 is 0. The molecular formula is C26H26Si. The van der Waals surface area contributed by atoms with Crippen molar-refractivity contribution in [3.05, 3.63) is 103 Å². The molecule has 0 spiro atoms. The molecular weight excluding hydrogens is 340 g/mol. The molecule has 0 aliphatic heterocycles. The van der Waals surface area contributed by atoms with Crippen LogP contribution in [0.4, 0.5) is 0 Å². The Hall–Kier alpha value is -2.82. The molecule has 0 amide bonds. The monoisotopic (exact) mass is 366 g/mol. The molecule has 0 aliphatic carbocycles. The molecule has 0 radical (unpaired) electrons. The Balaban J connectivity index is 2.18. The largest absolute Gasteiger partial charge is 0.230 e. The summed E-state index contributed by atoms with van der Waals surface area (Å²) in [5.41, 5.74) is 3.76. The summed E-state index contributed by atoms with van der Waals surface area (Å²) >= 11 is 0. The SMILES string of the molecule is CCCC/C=C/C#C[Si](c1ccccc1)(c1ccccc1)c1ccccc1. The van der Waals surface area contributed by atoms with Crippen LogP contribution in [0.15, 0.2) is 103 Å². The van der Waals surface area contributed by atoms with Crippen molar-refractivity contribution >= 4 is 23.6 Å². The Morgan fingerprint density at radius 1 is 0.704 bits per heavy atom. The molecule has 0 saturated carbocycles. The topological polar surface area (TPSA) is 0 Å². The minimum atomic E-state index is -2.40. The Morgan fingerprint density at radius 2 is 1.15 bits per heavy atom. The van der Waals surface area contributed by atoms with E-state index in [1.807, 2.05) is 6.08 Å². The average molecular weight is 367 g/mol. The number of allylic oxidation sites excluding steroid dienone is 2. The maximum atomic E-state index is 3.76. The fourth-order valence-electron chi connectivity index (χ4n) is 3.40. The Bertz CT molecular complexity index is 803. The molecule has 0 atom stereocenters. The van der Waals surface area contributed by atoms with E-state index in [1.165, 1.54) is 28.4 Å². The fourth-order valence-corrected chi connectivity index (χ4v) is 7.21. The molecule has 3 aromatic carbocycles. The quantitative estimate of drug-likeness (QED) is 0.262. The van der Waals surface area contributed by atoms with Crippen LogP contribution < -0.4 is 15.6 Å². The second-order valence-electron chi connectivity index (χ2n) is 6.66. The van der Waals surface area contributed by atoms with Crippen LogP contribution in [-0.4, -0.2) is 8.07 Å². The summed E-state index contributed by atoms with van der Waals surface area (Å²) in [4.78, 5) is 0. The van der Waals surface area contributed by atoms with Crippen LogP contribution in [0.3, 0.4) is 0 Å². The molecule has 0 fully saturated rings. The van der Waals surface area contributed by atoms with E-state index in [9.17, 15) is 0 Å². The van der Waals surface area contributed by atoms with Gasteiger partial charge in [-0.25, -0.2) is 0 Å². The molecule has 3 rings (SSSR count). The van der Waals surface area contributed by atoms with Gasteiger partial charge in [0.2, 0.25) is 8.07 Å². The van der Waals surface area contributed by atoms with Crippen LogP contribution in [0.25, 0.3) is 0 Å². The highest BCUT2D eigenvalue weighted by Crippen LogP contribution is 2.07. The van der Waals surface area contributed by atoms with Gasteiger partial charge in [-0.15, -0.1) is 5.54 Å². The van der Waals surface area contributed by atoms with Crippen molar-refractivity contribution in [2.24, 2.45) is 0 Å². The summed E-state index contributed by atoms with van der Waals surface area (Å²) in [6.45, 7) is 2.22.